The van der Waals surface area contributed by atoms with Crippen LogP contribution in [0.4, 0.5) is 0 Å². The Morgan fingerprint density at radius 3 is 2.46 bits per heavy atom. The molecular formula is C25H27ClN2O6S. The summed E-state index contributed by atoms with van der Waals surface area (Å²) in [7, 11) is -3.70. The van der Waals surface area contributed by atoms with Crippen LogP contribution in [0.5, 0.6) is 0 Å². The number of amides is 1. The van der Waals surface area contributed by atoms with E-state index in [4.69, 9.17) is 25.5 Å². The molecule has 2 aromatic carbocycles. The Hall–Kier alpha value is -2.43. The van der Waals surface area contributed by atoms with Crippen molar-refractivity contribution < 1.29 is 27.1 Å². The van der Waals surface area contributed by atoms with E-state index in [-0.39, 0.29) is 16.6 Å². The summed E-state index contributed by atoms with van der Waals surface area (Å²) in [4.78, 5) is 12.9. The number of piperidine rings is 1. The van der Waals surface area contributed by atoms with Crippen molar-refractivity contribution >= 4 is 38.5 Å². The van der Waals surface area contributed by atoms with Crippen molar-refractivity contribution in [3.8, 4) is 0 Å². The lowest BCUT2D eigenvalue weighted by Crippen LogP contribution is -2.47. The number of carbonyl (C=O) groups excluding carboxylic acids is 1. The van der Waals surface area contributed by atoms with Gasteiger partial charge in [-0.15, -0.1) is 0 Å². The van der Waals surface area contributed by atoms with E-state index >= 15 is 0 Å². The molecule has 0 unspecified atom stereocenters. The van der Waals surface area contributed by atoms with Gasteiger partial charge in [0.1, 0.15) is 5.58 Å². The molecule has 35 heavy (non-hydrogen) atoms. The molecule has 2 aliphatic heterocycles. The number of nitrogens with one attached hydrogen (secondary N) is 1. The van der Waals surface area contributed by atoms with E-state index in [2.05, 4.69) is 5.32 Å². The van der Waals surface area contributed by atoms with Crippen LogP contribution in [0.1, 0.15) is 34.5 Å². The number of hydrogen-bond donors (Lipinski definition) is 1. The fourth-order valence-corrected chi connectivity index (χ4v) is 6.23. The highest BCUT2D eigenvalue weighted by molar-refractivity contribution is 7.89. The Morgan fingerprint density at radius 2 is 1.77 bits per heavy atom. The quantitative estimate of drug-likeness (QED) is 0.531. The molecule has 0 saturated carbocycles. The average molecular weight is 519 g/mol. The number of rotatable bonds is 6. The van der Waals surface area contributed by atoms with Crippen LogP contribution in [0.3, 0.4) is 0 Å². The SMILES string of the molecule is Cc1c(C(=O)NCCc2ccc(Cl)cc2)oc2ccc(S(=O)(=O)N3CCC4(CC3)OCCO4)cc12. The number of carbonyl (C=O) groups is 1. The van der Waals surface area contributed by atoms with Crippen LogP contribution in [0.2, 0.25) is 5.02 Å². The maximum atomic E-state index is 13.3. The molecule has 0 aliphatic carbocycles. The first-order valence-corrected chi connectivity index (χ1v) is 13.4. The van der Waals surface area contributed by atoms with Gasteiger partial charge in [0.25, 0.3) is 5.91 Å². The van der Waals surface area contributed by atoms with E-state index < -0.39 is 15.8 Å². The highest BCUT2D eigenvalue weighted by Crippen LogP contribution is 2.34. The summed E-state index contributed by atoms with van der Waals surface area (Å²) >= 11 is 5.91. The zero-order valence-corrected chi connectivity index (χ0v) is 21.0. The van der Waals surface area contributed by atoms with E-state index in [0.29, 0.717) is 73.7 Å². The second kappa shape index (κ2) is 9.55. The normalized spacial score (nSPS) is 18.3. The Kier molecular flexibility index (Phi) is 6.63. The molecule has 0 atom stereocenters. The van der Waals surface area contributed by atoms with Crippen LogP contribution >= 0.6 is 11.6 Å². The lowest BCUT2D eigenvalue weighted by molar-refractivity contribution is -0.179. The Morgan fingerprint density at radius 1 is 1.09 bits per heavy atom. The van der Waals surface area contributed by atoms with Crippen molar-refractivity contribution in [3.05, 3.63) is 64.4 Å². The third kappa shape index (κ3) is 4.83. The fraction of sp³-hybridized carbons (Fsp3) is 0.400. The van der Waals surface area contributed by atoms with Crippen LogP contribution < -0.4 is 5.32 Å². The monoisotopic (exact) mass is 518 g/mol. The number of aryl methyl sites for hydroxylation is 1. The summed E-state index contributed by atoms with van der Waals surface area (Å²) in [5.74, 6) is -0.802. The number of nitrogens with zero attached hydrogens (tertiary/aromatic N) is 1. The van der Waals surface area contributed by atoms with Crippen molar-refractivity contribution in [1.29, 1.82) is 0 Å². The van der Waals surface area contributed by atoms with Gasteiger partial charge in [-0.1, -0.05) is 23.7 Å². The second-order valence-corrected chi connectivity index (χ2v) is 11.2. The zero-order valence-electron chi connectivity index (χ0n) is 19.4. The van der Waals surface area contributed by atoms with Gasteiger partial charge in [0.15, 0.2) is 11.5 Å². The minimum Gasteiger partial charge on any atom is -0.451 e. The van der Waals surface area contributed by atoms with Crippen LogP contribution in [0.25, 0.3) is 11.0 Å². The molecule has 0 radical (unpaired) electrons. The fourth-order valence-electron chi connectivity index (χ4n) is 4.63. The Balaban J connectivity index is 1.29. The molecule has 10 heteroatoms. The van der Waals surface area contributed by atoms with Gasteiger partial charge in [0.05, 0.1) is 18.1 Å². The molecule has 1 N–H and O–H groups in total. The Labute approximate surface area is 209 Å². The van der Waals surface area contributed by atoms with Gasteiger partial charge < -0.3 is 19.2 Å². The summed E-state index contributed by atoms with van der Waals surface area (Å²) < 4.78 is 45.3. The maximum Gasteiger partial charge on any atom is 0.287 e. The van der Waals surface area contributed by atoms with Crippen LogP contribution in [0.15, 0.2) is 51.8 Å². The van der Waals surface area contributed by atoms with Crippen molar-refractivity contribution in [2.45, 2.75) is 36.9 Å². The van der Waals surface area contributed by atoms with Gasteiger partial charge in [0.2, 0.25) is 10.0 Å². The molecule has 0 bridgehead atoms. The summed E-state index contributed by atoms with van der Waals surface area (Å²) in [6.07, 6.45) is 1.65. The van der Waals surface area contributed by atoms with Gasteiger partial charge in [0, 0.05) is 48.4 Å². The summed E-state index contributed by atoms with van der Waals surface area (Å²) in [6.45, 7) is 3.93. The topological polar surface area (TPSA) is 98.1 Å². The average Bonchev–Trinajstić information content (AvgIpc) is 3.44. The molecule has 1 spiro atoms. The summed E-state index contributed by atoms with van der Waals surface area (Å²) in [5, 5.41) is 4.14. The third-order valence-corrected chi connectivity index (χ3v) is 8.81. The Bertz CT molecular complexity index is 1340. The largest absolute Gasteiger partial charge is 0.451 e. The number of ether oxygens (including phenoxy) is 2. The van der Waals surface area contributed by atoms with Crippen LogP contribution in [-0.4, -0.2) is 57.3 Å². The predicted molar refractivity (Wildman–Crippen MR) is 131 cm³/mol. The van der Waals surface area contributed by atoms with E-state index in [9.17, 15) is 13.2 Å². The first kappa shape index (κ1) is 24.3. The molecule has 186 valence electrons. The molecule has 1 amide bonds. The van der Waals surface area contributed by atoms with Gasteiger partial charge in [-0.05, 0) is 49.2 Å². The molecule has 2 saturated heterocycles. The third-order valence-electron chi connectivity index (χ3n) is 6.66. The number of furan rings is 1. The highest BCUT2D eigenvalue weighted by atomic mass is 35.5. The van der Waals surface area contributed by atoms with E-state index in [1.54, 1.807) is 19.1 Å². The number of benzene rings is 2. The van der Waals surface area contributed by atoms with Crippen molar-refractivity contribution in [3.63, 3.8) is 0 Å². The van der Waals surface area contributed by atoms with Gasteiger partial charge in [-0.25, -0.2) is 8.42 Å². The lowest BCUT2D eigenvalue weighted by atomic mass is 10.1. The van der Waals surface area contributed by atoms with E-state index in [0.717, 1.165) is 5.56 Å². The highest BCUT2D eigenvalue weighted by Gasteiger charge is 2.42. The first-order chi connectivity index (χ1) is 16.8. The van der Waals surface area contributed by atoms with E-state index in [1.165, 1.54) is 10.4 Å². The molecule has 3 heterocycles. The van der Waals surface area contributed by atoms with Gasteiger partial charge in [-0.3, -0.25) is 4.79 Å². The number of fused-ring (bicyclic) bond motifs is 1. The van der Waals surface area contributed by atoms with Crippen LogP contribution in [0, 0.1) is 6.92 Å². The first-order valence-electron chi connectivity index (χ1n) is 11.6. The molecule has 1 aromatic heterocycles. The molecule has 5 rings (SSSR count). The summed E-state index contributed by atoms with van der Waals surface area (Å²) in [6, 6.07) is 12.2. The molecular weight excluding hydrogens is 492 g/mol. The standard InChI is InChI=1S/C25H27ClN2O6S/c1-17-21-16-20(35(30,31)28-12-9-25(10-13-28)32-14-15-33-25)6-7-22(21)34-23(17)24(29)27-11-8-18-2-4-19(26)5-3-18/h2-7,16H,8-15H2,1H3,(H,27,29). The molecule has 3 aromatic rings. The molecule has 8 nitrogen and oxygen atoms in total. The van der Waals surface area contributed by atoms with E-state index in [1.807, 2.05) is 24.3 Å². The minimum atomic E-state index is -3.70. The minimum absolute atomic E-state index is 0.174. The van der Waals surface area contributed by atoms with Gasteiger partial charge in [-0.2, -0.15) is 4.31 Å². The summed E-state index contributed by atoms with van der Waals surface area (Å²) in [5.41, 5.74) is 2.13. The van der Waals surface area contributed by atoms with Gasteiger partial charge >= 0.3 is 0 Å². The maximum absolute atomic E-state index is 13.3. The number of halogens is 1. The molecule has 2 aliphatic rings. The lowest BCUT2D eigenvalue weighted by Gasteiger charge is -2.36. The zero-order chi connectivity index (χ0) is 24.6. The van der Waals surface area contributed by atoms with Crippen LogP contribution in [-0.2, 0) is 25.9 Å². The predicted octanol–water partition coefficient (Wildman–Crippen LogP) is 3.89. The van der Waals surface area contributed by atoms with Crippen molar-refractivity contribution in [2.24, 2.45) is 0 Å². The number of hydrogen-bond acceptors (Lipinski definition) is 6. The van der Waals surface area contributed by atoms with Crippen molar-refractivity contribution in [1.82, 2.24) is 9.62 Å². The second-order valence-electron chi connectivity index (χ2n) is 8.86. The molecule has 2 fully saturated rings. The number of sulfonamides is 1. The smallest absolute Gasteiger partial charge is 0.287 e. The van der Waals surface area contributed by atoms with Crippen molar-refractivity contribution in [2.75, 3.05) is 32.8 Å².